The summed E-state index contributed by atoms with van der Waals surface area (Å²) in [6.07, 6.45) is -0.590. The third-order valence-electron chi connectivity index (χ3n) is 2.32. The molecule has 18 heavy (non-hydrogen) atoms. The van der Waals surface area contributed by atoms with E-state index < -0.39 is 6.09 Å². The summed E-state index contributed by atoms with van der Waals surface area (Å²) in [5, 5.41) is 5.09. The first-order valence-corrected chi connectivity index (χ1v) is 5.80. The van der Waals surface area contributed by atoms with E-state index in [0.29, 0.717) is 0 Å². The number of rotatable bonds is 4. The molecule has 1 rings (SSSR count). The van der Waals surface area contributed by atoms with Crippen molar-refractivity contribution in [1.29, 1.82) is 0 Å². The van der Waals surface area contributed by atoms with Crippen LogP contribution in [0.15, 0.2) is 18.2 Å². The Morgan fingerprint density at radius 2 is 2.00 bits per heavy atom. The van der Waals surface area contributed by atoms with E-state index in [-0.39, 0.29) is 19.1 Å². The van der Waals surface area contributed by atoms with Gasteiger partial charge in [-0.25, -0.2) is 4.79 Å². The van der Waals surface area contributed by atoms with E-state index in [1.165, 1.54) is 0 Å². The molecular formula is C13H18N2O3. The Morgan fingerprint density at radius 1 is 1.28 bits per heavy atom. The van der Waals surface area contributed by atoms with Gasteiger partial charge < -0.3 is 15.4 Å². The van der Waals surface area contributed by atoms with Crippen molar-refractivity contribution in [3.63, 3.8) is 0 Å². The highest BCUT2D eigenvalue weighted by Crippen LogP contribution is 2.15. The molecule has 0 radical (unpaired) electrons. The van der Waals surface area contributed by atoms with Gasteiger partial charge in [0.15, 0.2) is 0 Å². The molecule has 0 aliphatic rings. The highest BCUT2D eigenvalue weighted by molar-refractivity contribution is 5.94. The van der Waals surface area contributed by atoms with Gasteiger partial charge in [0, 0.05) is 5.69 Å². The molecule has 0 aliphatic carbocycles. The van der Waals surface area contributed by atoms with Crippen LogP contribution in [0.25, 0.3) is 0 Å². The number of nitrogens with one attached hydrogen (secondary N) is 2. The lowest BCUT2D eigenvalue weighted by Crippen LogP contribution is -2.33. The molecule has 5 nitrogen and oxygen atoms in total. The largest absolute Gasteiger partial charge is 0.450 e. The van der Waals surface area contributed by atoms with Crippen LogP contribution < -0.4 is 10.6 Å². The highest BCUT2D eigenvalue weighted by Gasteiger charge is 2.07. The van der Waals surface area contributed by atoms with Crippen LogP contribution in [0.4, 0.5) is 10.5 Å². The van der Waals surface area contributed by atoms with Crippen LogP contribution >= 0.6 is 0 Å². The summed E-state index contributed by atoms with van der Waals surface area (Å²) < 4.78 is 4.65. The number of ether oxygens (including phenoxy) is 1. The zero-order chi connectivity index (χ0) is 13.5. The molecule has 0 spiro atoms. The average molecular weight is 250 g/mol. The van der Waals surface area contributed by atoms with Gasteiger partial charge in [-0.2, -0.15) is 0 Å². The Labute approximate surface area is 107 Å². The van der Waals surface area contributed by atoms with Crippen LogP contribution in [0.5, 0.6) is 0 Å². The van der Waals surface area contributed by atoms with E-state index in [9.17, 15) is 9.59 Å². The van der Waals surface area contributed by atoms with Crippen LogP contribution in [0.1, 0.15) is 18.1 Å². The maximum atomic E-state index is 11.6. The normalized spacial score (nSPS) is 9.72. The maximum Gasteiger partial charge on any atom is 0.407 e. The highest BCUT2D eigenvalue weighted by atomic mass is 16.5. The molecule has 1 aromatic rings. The third kappa shape index (κ3) is 4.45. The van der Waals surface area contributed by atoms with Crippen molar-refractivity contribution in [3.8, 4) is 0 Å². The van der Waals surface area contributed by atoms with Crippen molar-refractivity contribution < 1.29 is 14.3 Å². The summed E-state index contributed by atoms with van der Waals surface area (Å²) in [5.41, 5.74) is 2.87. The monoisotopic (exact) mass is 250 g/mol. The van der Waals surface area contributed by atoms with Crippen LogP contribution in [0, 0.1) is 13.8 Å². The quantitative estimate of drug-likeness (QED) is 0.858. The van der Waals surface area contributed by atoms with E-state index in [1.807, 2.05) is 32.0 Å². The van der Waals surface area contributed by atoms with E-state index in [1.54, 1.807) is 6.92 Å². The van der Waals surface area contributed by atoms with Crippen molar-refractivity contribution in [2.24, 2.45) is 0 Å². The van der Waals surface area contributed by atoms with Gasteiger partial charge in [-0.3, -0.25) is 4.79 Å². The number of aryl methyl sites for hydroxylation is 2. The number of anilines is 1. The smallest absolute Gasteiger partial charge is 0.407 e. The molecule has 98 valence electrons. The Hall–Kier alpha value is -2.04. The molecule has 0 saturated heterocycles. The van der Waals surface area contributed by atoms with Gasteiger partial charge in [0.2, 0.25) is 5.91 Å². The predicted molar refractivity (Wildman–Crippen MR) is 69.6 cm³/mol. The first-order valence-electron chi connectivity index (χ1n) is 5.80. The van der Waals surface area contributed by atoms with Gasteiger partial charge in [-0.1, -0.05) is 17.7 Å². The number of hydrogen-bond acceptors (Lipinski definition) is 3. The molecule has 2 amide bonds. The fourth-order valence-electron chi connectivity index (χ4n) is 1.48. The number of amides is 2. The average Bonchev–Trinajstić information content (AvgIpc) is 2.31. The molecule has 5 heteroatoms. The number of carbonyl (C=O) groups excluding carboxylic acids is 2. The van der Waals surface area contributed by atoms with E-state index in [4.69, 9.17) is 0 Å². The lowest BCUT2D eigenvalue weighted by molar-refractivity contribution is -0.115. The fourth-order valence-corrected chi connectivity index (χ4v) is 1.48. The minimum absolute atomic E-state index is 0.105. The van der Waals surface area contributed by atoms with Crippen molar-refractivity contribution in [2.45, 2.75) is 20.8 Å². The number of hydrogen-bond donors (Lipinski definition) is 2. The molecule has 0 aliphatic heterocycles. The molecule has 0 aromatic heterocycles. The zero-order valence-electron chi connectivity index (χ0n) is 10.9. The SMILES string of the molecule is CCOC(=O)NCC(=O)Nc1ccc(C)cc1C. The summed E-state index contributed by atoms with van der Waals surface area (Å²) >= 11 is 0. The number of alkyl carbamates (subject to hydrolysis) is 1. The minimum atomic E-state index is -0.590. The molecule has 1 aromatic carbocycles. The van der Waals surface area contributed by atoms with E-state index in [0.717, 1.165) is 16.8 Å². The number of benzene rings is 1. The second-order valence-corrected chi connectivity index (χ2v) is 3.94. The van der Waals surface area contributed by atoms with Crippen LogP contribution in [-0.2, 0) is 9.53 Å². The lowest BCUT2D eigenvalue weighted by Gasteiger charge is -2.09. The van der Waals surface area contributed by atoms with Crippen LogP contribution in [0.3, 0.4) is 0 Å². The Morgan fingerprint density at radius 3 is 2.61 bits per heavy atom. The molecule has 0 fully saturated rings. The zero-order valence-corrected chi connectivity index (χ0v) is 10.9. The molecule has 0 atom stereocenters. The lowest BCUT2D eigenvalue weighted by atomic mass is 10.1. The Balaban J connectivity index is 2.47. The standard InChI is InChI=1S/C13H18N2O3/c1-4-18-13(17)14-8-12(16)15-11-6-5-9(2)7-10(11)3/h5-7H,4,8H2,1-3H3,(H,14,17)(H,15,16). The molecular weight excluding hydrogens is 232 g/mol. The second-order valence-electron chi connectivity index (χ2n) is 3.94. The summed E-state index contributed by atoms with van der Waals surface area (Å²) in [5.74, 6) is -0.282. The van der Waals surface area contributed by atoms with Gasteiger partial charge in [0.05, 0.1) is 6.61 Å². The van der Waals surface area contributed by atoms with E-state index >= 15 is 0 Å². The second kappa shape index (κ2) is 6.64. The van der Waals surface area contributed by atoms with E-state index in [2.05, 4.69) is 15.4 Å². The third-order valence-corrected chi connectivity index (χ3v) is 2.32. The van der Waals surface area contributed by atoms with Gasteiger partial charge in [-0.15, -0.1) is 0 Å². The molecule has 0 saturated carbocycles. The summed E-state index contributed by atoms with van der Waals surface area (Å²) in [7, 11) is 0. The van der Waals surface area contributed by atoms with Crippen molar-refractivity contribution in [2.75, 3.05) is 18.5 Å². The van der Waals surface area contributed by atoms with Gasteiger partial charge in [0.1, 0.15) is 6.54 Å². The Kier molecular flexibility index (Phi) is 5.17. The van der Waals surface area contributed by atoms with Gasteiger partial charge in [-0.05, 0) is 32.4 Å². The topological polar surface area (TPSA) is 67.4 Å². The predicted octanol–water partition coefficient (Wildman–Crippen LogP) is 1.99. The van der Waals surface area contributed by atoms with Crippen molar-refractivity contribution in [1.82, 2.24) is 5.32 Å². The summed E-state index contributed by atoms with van der Waals surface area (Å²) in [4.78, 5) is 22.6. The molecule has 0 unspecified atom stereocenters. The molecule has 2 N–H and O–H groups in total. The van der Waals surface area contributed by atoms with Gasteiger partial charge in [0.25, 0.3) is 0 Å². The first-order chi connectivity index (χ1) is 8.52. The maximum absolute atomic E-state index is 11.6. The molecule has 0 bridgehead atoms. The number of carbonyl (C=O) groups is 2. The summed E-state index contributed by atoms with van der Waals surface area (Å²) in [6, 6.07) is 5.74. The van der Waals surface area contributed by atoms with Gasteiger partial charge >= 0.3 is 6.09 Å². The van der Waals surface area contributed by atoms with Crippen molar-refractivity contribution in [3.05, 3.63) is 29.3 Å². The summed E-state index contributed by atoms with van der Waals surface area (Å²) in [6.45, 7) is 5.79. The van der Waals surface area contributed by atoms with Crippen LogP contribution in [0.2, 0.25) is 0 Å². The Bertz CT molecular complexity index is 444. The minimum Gasteiger partial charge on any atom is -0.450 e. The van der Waals surface area contributed by atoms with Crippen LogP contribution in [-0.4, -0.2) is 25.2 Å². The fraction of sp³-hybridized carbons (Fsp3) is 0.385. The first kappa shape index (κ1) is 14.0. The van der Waals surface area contributed by atoms with Crippen molar-refractivity contribution >= 4 is 17.7 Å². The molecule has 0 heterocycles.